The first kappa shape index (κ1) is 20.2. The number of anilines is 2. The van der Waals surface area contributed by atoms with E-state index in [0.717, 1.165) is 62.1 Å². The Morgan fingerprint density at radius 3 is 3.00 bits per heavy atom. The van der Waals surface area contributed by atoms with Gasteiger partial charge in [-0.25, -0.2) is 15.0 Å². The molecule has 1 atom stereocenters. The van der Waals surface area contributed by atoms with Crippen LogP contribution in [0.15, 0.2) is 18.5 Å². The van der Waals surface area contributed by atoms with Crippen LogP contribution in [-0.4, -0.2) is 64.6 Å². The number of aryl methyl sites for hydroxylation is 1. The summed E-state index contributed by atoms with van der Waals surface area (Å²) >= 11 is 1.67. The van der Waals surface area contributed by atoms with Crippen LogP contribution in [0.3, 0.4) is 0 Å². The van der Waals surface area contributed by atoms with E-state index in [2.05, 4.69) is 27.5 Å². The van der Waals surface area contributed by atoms with Crippen molar-refractivity contribution in [2.45, 2.75) is 44.6 Å². The highest BCUT2D eigenvalue weighted by molar-refractivity contribution is 7.15. The Morgan fingerprint density at radius 1 is 1.38 bits per heavy atom. The molecule has 0 unspecified atom stereocenters. The van der Waals surface area contributed by atoms with Gasteiger partial charge in [-0.3, -0.25) is 4.79 Å². The lowest BCUT2D eigenvalue weighted by atomic mass is 9.95. The van der Waals surface area contributed by atoms with Crippen molar-refractivity contribution in [3.63, 3.8) is 0 Å². The normalized spacial score (nSPS) is 20.6. The van der Waals surface area contributed by atoms with Crippen molar-refractivity contribution in [3.05, 3.63) is 29.2 Å². The number of thiazole rings is 1. The van der Waals surface area contributed by atoms with Gasteiger partial charge in [-0.05, 0) is 25.3 Å². The predicted molar refractivity (Wildman–Crippen MR) is 113 cm³/mol. The van der Waals surface area contributed by atoms with Crippen molar-refractivity contribution >= 4 is 28.2 Å². The van der Waals surface area contributed by atoms with Crippen LogP contribution < -0.4 is 10.6 Å². The molecule has 2 aromatic rings. The van der Waals surface area contributed by atoms with E-state index in [1.54, 1.807) is 17.5 Å². The standard InChI is InChI=1S/C20H28N6O2S/c1-2-3-15-12-23-20(29-15)25-17-4-7-22-18(24-17)14-5-9-26(10-6-14)19(27)16-13-28-11-8-21-16/h4,7,12,14,16,21H,2-3,5-6,8-11,13H2,1H3,(H,22,23,24,25)/t16-/m1/s1. The lowest BCUT2D eigenvalue weighted by molar-refractivity contribution is -0.137. The number of aromatic nitrogens is 3. The van der Waals surface area contributed by atoms with E-state index >= 15 is 0 Å². The second-order valence-corrected chi connectivity index (χ2v) is 8.60. The molecule has 0 saturated carbocycles. The van der Waals surface area contributed by atoms with E-state index in [9.17, 15) is 4.79 Å². The molecule has 0 aliphatic carbocycles. The SMILES string of the molecule is CCCc1cnc(Nc2ccnc(C3CCN(C(=O)[C@H]4COCCN4)CC3)n2)s1. The Bertz CT molecular complexity index is 815. The number of likely N-dealkylation sites (tertiary alicyclic amines) is 1. The van der Waals surface area contributed by atoms with Crippen LogP contribution in [0.4, 0.5) is 10.9 Å². The average molecular weight is 417 g/mol. The lowest BCUT2D eigenvalue weighted by Gasteiger charge is -2.35. The van der Waals surface area contributed by atoms with Crippen LogP contribution in [0.5, 0.6) is 0 Å². The number of rotatable bonds is 6. The molecular formula is C20H28N6O2S. The van der Waals surface area contributed by atoms with Crippen molar-refractivity contribution in [1.29, 1.82) is 0 Å². The molecule has 4 heterocycles. The van der Waals surface area contributed by atoms with Crippen molar-refractivity contribution in [2.24, 2.45) is 0 Å². The number of nitrogens with one attached hydrogen (secondary N) is 2. The minimum Gasteiger partial charge on any atom is -0.378 e. The van der Waals surface area contributed by atoms with Crippen LogP contribution in [0.2, 0.25) is 0 Å². The van der Waals surface area contributed by atoms with Crippen molar-refractivity contribution in [2.75, 3.05) is 38.2 Å². The maximum absolute atomic E-state index is 12.6. The summed E-state index contributed by atoms with van der Waals surface area (Å²) in [5, 5.41) is 7.41. The molecule has 156 valence electrons. The van der Waals surface area contributed by atoms with E-state index in [4.69, 9.17) is 9.72 Å². The Balaban J connectivity index is 1.33. The summed E-state index contributed by atoms with van der Waals surface area (Å²) in [6.07, 6.45) is 7.64. The van der Waals surface area contributed by atoms with Crippen LogP contribution in [0, 0.1) is 0 Å². The van der Waals surface area contributed by atoms with Crippen molar-refractivity contribution < 1.29 is 9.53 Å². The monoisotopic (exact) mass is 416 g/mol. The number of ether oxygens (including phenoxy) is 1. The van der Waals surface area contributed by atoms with Gasteiger partial charge >= 0.3 is 0 Å². The highest BCUT2D eigenvalue weighted by Gasteiger charge is 2.30. The topological polar surface area (TPSA) is 92.3 Å². The zero-order valence-electron chi connectivity index (χ0n) is 16.8. The molecule has 0 radical (unpaired) electrons. The molecule has 4 rings (SSSR count). The molecule has 2 N–H and O–H groups in total. The van der Waals surface area contributed by atoms with Crippen LogP contribution in [0.25, 0.3) is 0 Å². The fourth-order valence-electron chi connectivity index (χ4n) is 3.78. The number of piperidine rings is 1. The van der Waals surface area contributed by atoms with Crippen LogP contribution in [0.1, 0.15) is 42.8 Å². The van der Waals surface area contributed by atoms with Gasteiger partial charge in [0, 0.05) is 42.8 Å². The lowest BCUT2D eigenvalue weighted by Crippen LogP contribution is -2.54. The number of nitrogens with zero attached hydrogens (tertiary/aromatic N) is 4. The third kappa shape index (κ3) is 5.09. The second-order valence-electron chi connectivity index (χ2n) is 7.49. The molecule has 1 amide bonds. The third-order valence-corrected chi connectivity index (χ3v) is 6.32. The number of hydrogen-bond acceptors (Lipinski definition) is 8. The van der Waals surface area contributed by atoms with Crippen molar-refractivity contribution in [1.82, 2.24) is 25.2 Å². The molecule has 2 aliphatic rings. The van der Waals surface area contributed by atoms with Gasteiger partial charge in [0.05, 0.1) is 13.2 Å². The maximum Gasteiger partial charge on any atom is 0.242 e. The summed E-state index contributed by atoms with van der Waals surface area (Å²) in [5.41, 5.74) is 0. The fourth-order valence-corrected chi connectivity index (χ4v) is 4.70. The molecule has 2 aromatic heterocycles. The van der Waals surface area contributed by atoms with Gasteiger partial charge < -0.3 is 20.3 Å². The number of carbonyl (C=O) groups excluding carboxylic acids is 1. The van der Waals surface area contributed by atoms with Crippen molar-refractivity contribution in [3.8, 4) is 0 Å². The summed E-state index contributed by atoms with van der Waals surface area (Å²) in [7, 11) is 0. The first-order valence-corrected chi connectivity index (χ1v) is 11.2. The smallest absolute Gasteiger partial charge is 0.242 e. The maximum atomic E-state index is 12.6. The average Bonchev–Trinajstić information content (AvgIpc) is 3.21. The number of hydrogen-bond donors (Lipinski definition) is 2. The fraction of sp³-hybridized carbons (Fsp3) is 0.600. The van der Waals surface area contributed by atoms with Crippen LogP contribution in [-0.2, 0) is 16.0 Å². The van der Waals surface area contributed by atoms with E-state index < -0.39 is 0 Å². The molecule has 9 heteroatoms. The number of carbonyl (C=O) groups is 1. The third-order valence-electron chi connectivity index (χ3n) is 5.35. The summed E-state index contributed by atoms with van der Waals surface area (Å²) in [5.74, 6) is 2.02. The predicted octanol–water partition coefficient (Wildman–Crippen LogP) is 2.32. The summed E-state index contributed by atoms with van der Waals surface area (Å²) in [4.78, 5) is 29.5. The highest BCUT2D eigenvalue weighted by atomic mass is 32.1. The van der Waals surface area contributed by atoms with Gasteiger partial charge in [0.2, 0.25) is 5.91 Å². The minimum atomic E-state index is -0.208. The Hall–Kier alpha value is -2.10. The summed E-state index contributed by atoms with van der Waals surface area (Å²) < 4.78 is 5.42. The largest absolute Gasteiger partial charge is 0.378 e. The molecular weight excluding hydrogens is 388 g/mol. The minimum absolute atomic E-state index is 0.145. The molecule has 2 fully saturated rings. The zero-order chi connectivity index (χ0) is 20.1. The van der Waals surface area contributed by atoms with Gasteiger partial charge in [0.15, 0.2) is 5.13 Å². The van der Waals surface area contributed by atoms with Gasteiger partial charge in [-0.2, -0.15) is 0 Å². The zero-order valence-corrected chi connectivity index (χ0v) is 17.6. The van der Waals surface area contributed by atoms with E-state index in [1.165, 1.54) is 4.88 Å². The molecule has 0 aromatic carbocycles. The van der Waals surface area contributed by atoms with Gasteiger partial charge in [-0.15, -0.1) is 11.3 Å². The second kappa shape index (κ2) is 9.60. The van der Waals surface area contributed by atoms with Gasteiger partial charge in [0.1, 0.15) is 17.7 Å². The molecule has 2 saturated heterocycles. The summed E-state index contributed by atoms with van der Waals surface area (Å²) in [6.45, 7) is 5.51. The highest BCUT2D eigenvalue weighted by Crippen LogP contribution is 2.28. The number of morpholine rings is 1. The Kier molecular flexibility index (Phi) is 6.68. The van der Waals surface area contributed by atoms with E-state index in [1.807, 2.05) is 17.2 Å². The van der Waals surface area contributed by atoms with Gasteiger partial charge in [0.25, 0.3) is 0 Å². The molecule has 29 heavy (non-hydrogen) atoms. The van der Waals surface area contributed by atoms with Gasteiger partial charge in [-0.1, -0.05) is 13.3 Å². The Morgan fingerprint density at radius 2 is 2.24 bits per heavy atom. The Labute approximate surface area is 175 Å². The molecule has 2 aliphatic heterocycles. The van der Waals surface area contributed by atoms with E-state index in [-0.39, 0.29) is 17.9 Å². The molecule has 8 nitrogen and oxygen atoms in total. The van der Waals surface area contributed by atoms with Crippen LogP contribution >= 0.6 is 11.3 Å². The molecule has 0 bridgehead atoms. The molecule has 0 spiro atoms. The number of amides is 1. The quantitative estimate of drug-likeness (QED) is 0.747. The first-order chi connectivity index (χ1) is 14.2. The first-order valence-electron chi connectivity index (χ1n) is 10.4. The summed E-state index contributed by atoms with van der Waals surface area (Å²) in [6, 6.07) is 1.66. The van der Waals surface area contributed by atoms with E-state index in [0.29, 0.717) is 13.2 Å².